The van der Waals surface area contributed by atoms with Crippen LogP contribution in [-0.4, -0.2) is 39.3 Å². The molecule has 0 aromatic carbocycles. The van der Waals surface area contributed by atoms with Gasteiger partial charge in [0.25, 0.3) is 0 Å². The summed E-state index contributed by atoms with van der Waals surface area (Å²) in [7, 11) is 0. The van der Waals surface area contributed by atoms with Gasteiger partial charge in [-0.3, -0.25) is 14.4 Å². The first-order valence-electron chi connectivity index (χ1n) is 9.04. The van der Waals surface area contributed by atoms with Gasteiger partial charge in [-0.2, -0.15) is 0 Å². The van der Waals surface area contributed by atoms with Gasteiger partial charge >= 0.3 is 17.9 Å². The Hall–Kier alpha value is -2.15. The first-order chi connectivity index (χ1) is 12.2. The van der Waals surface area contributed by atoms with Gasteiger partial charge in [0, 0.05) is 18.3 Å². The van der Waals surface area contributed by atoms with Gasteiger partial charge in [-0.1, -0.05) is 30.2 Å². The van der Waals surface area contributed by atoms with Crippen molar-refractivity contribution in [1.82, 2.24) is 0 Å². The van der Waals surface area contributed by atoms with Crippen LogP contribution < -0.4 is 5.73 Å². The van der Waals surface area contributed by atoms with Crippen LogP contribution in [0.5, 0.6) is 0 Å². The molecule has 0 fully saturated rings. The molecule has 2 aliphatic carbocycles. The highest BCUT2D eigenvalue weighted by Gasteiger charge is 2.38. The first-order valence-corrected chi connectivity index (χ1v) is 9.04. The Kier molecular flexibility index (Phi) is 6.58. The highest BCUT2D eigenvalue weighted by molar-refractivity contribution is 5.74. The van der Waals surface area contributed by atoms with Crippen LogP contribution in [0.25, 0.3) is 0 Å². The summed E-state index contributed by atoms with van der Waals surface area (Å²) in [5.74, 6) is -2.65. The minimum atomic E-state index is -1.04. The summed E-state index contributed by atoms with van der Waals surface area (Å²) in [4.78, 5) is 32.9. The summed E-state index contributed by atoms with van der Waals surface area (Å²) in [6.45, 7) is 2.03. The molecular weight excluding hydrogens is 338 g/mol. The van der Waals surface area contributed by atoms with Crippen molar-refractivity contribution in [3.8, 4) is 0 Å². The van der Waals surface area contributed by atoms with Crippen molar-refractivity contribution in [1.29, 1.82) is 0 Å². The van der Waals surface area contributed by atoms with Crippen molar-refractivity contribution in [2.75, 3.05) is 0 Å². The van der Waals surface area contributed by atoms with Gasteiger partial charge < -0.3 is 21.1 Å². The molecule has 2 aliphatic rings. The maximum atomic E-state index is 11.6. The number of nitrogens with two attached hydrogens (primary N) is 1. The monoisotopic (exact) mass is 365 g/mol. The average Bonchev–Trinajstić information content (AvgIpc) is 3.46. The molecule has 0 spiro atoms. The molecule has 7 nitrogen and oxygen atoms in total. The van der Waals surface area contributed by atoms with Crippen LogP contribution >= 0.6 is 0 Å². The normalized spacial score (nSPS) is 24.1. The number of aliphatic carboxylic acids is 3. The molecule has 7 heteroatoms. The molecule has 0 amide bonds. The highest BCUT2D eigenvalue weighted by Crippen LogP contribution is 2.45. The fourth-order valence-electron chi connectivity index (χ4n) is 3.52. The van der Waals surface area contributed by atoms with E-state index in [0.717, 1.165) is 5.57 Å². The molecule has 0 aliphatic heterocycles. The van der Waals surface area contributed by atoms with Crippen LogP contribution in [0.3, 0.4) is 0 Å². The number of carboxylic acid groups (broad SMARTS) is 3. The summed E-state index contributed by atoms with van der Waals surface area (Å²) < 4.78 is 0. The van der Waals surface area contributed by atoms with E-state index in [1.165, 1.54) is 5.57 Å². The summed E-state index contributed by atoms with van der Waals surface area (Å²) in [5, 5.41) is 27.0. The lowest BCUT2D eigenvalue weighted by atomic mass is 9.90. The van der Waals surface area contributed by atoms with Gasteiger partial charge in [-0.25, -0.2) is 0 Å². The SMILES string of the molecule is CC(CCC(=O)O)C1C=C1CCC(C(=O)O)C1C=C1CCC(N)C(=O)O. The van der Waals surface area contributed by atoms with E-state index in [-0.39, 0.29) is 18.3 Å². The lowest BCUT2D eigenvalue weighted by Crippen LogP contribution is -2.29. The van der Waals surface area contributed by atoms with E-state index in [4.69, 9.17) is 15.9 Å². The fraction of sp³-hybridized carbons (Fsp3) is 0.632. The van der Waals surface area contributed by atoms with E-state index < -0.39 is 29.9 Å². The fourth-order valence-corrected chi connectivity index (χ4v) is 3.52. The average molecular weight is 365 g/mol. The van der Waals surface area contributed by atoms with Gasteiger partial charge in [-0.05, 0) is 38.0 Å². The predicted octanol–water partition coefficient (Wildman–Crippen LogP) is 2.27. The molecule has 2 rings (SSSR count). The van der Waals surface area contributed by atoms with Crippen LogP contribution in [0.4, 0.5) is 0 Å². The second kappa shape index (κ2) is 8.49. The zero-order valence-electron chi connectivity index (χ0n) is 14.9. The lowest BCUT2D eigenvalue weighted by molar-refractivity contribution is -0.143. The van der Waals surface area contributed by atoms with Crippen molar-refractivity contribution < 1.29 is 29.7 Å². The molecule has 0 radical (unpaired) electrons. The van der Waals surface area contributed by atoms with E-state index in [1.807, 2.05) is 13.0 Å². The number of rotatable bonds is 13. The predicted molar refractivity (Wildman–Crippen MR) is 94.4 cm³/mol. The maximum Gasteiger partial charge on any atom is 0.320 e. The lowest BCUT2D eigenvalue weighted by Gasteiger charge is -2.14. The molecule has 144 valence electrons. The first kappa shape index (κ1) is 20.2. The number of hydrogen-bond acceptors (Lipinski definition) is 4. The molecule has 0 heterocycles. The standard InChI is InChI=1S/C19H27NO6/c1-10(2-7-17(21)22)14-8-11(14)3-5-13(18(23)24)15-9-12(15)4-6-16(20)19(25)26/h8-10,13-16H,2-7,20H2,1H3,(H,21,22)(H,23,24)(H,25,26). The highest BCUT2D eigenvalue weighted by atomic mass is 16.4. The Balaban J connectivity index is 1.71. The van der Waals surface area contributed by atoms with E-state index in [1.54, 1.807) is 0 Å². The van der Waals surface area contributed by atoms with E-state index in [2.05, 4.69) is 6.08 Å². The third kappa shape index (κ3) is 5.69. The Labute approximate surface area is 152 Å². The third-order valence-corrected chi connectivity index (χ3v) is 5.41. The van der Waals surface area contributed by atoms with Crippen LogP contribution in [0.1, 0.15) is 45.4 Å². The van der Waals surface area contributed by atoms with E-state index >= 15 is 0 Å². The molecule has 0 aromatic rings. The zero-order valence-corrected chi connectivity index (χ0v) is 14.9. The van der Waals surface area contributed by atoms with Gasteiger partial charge in [0.1, 0.15) is 6.04 Å². The molecule has 5 atom stereocenters. The number of carbonyl (C=O) groups is 3. The number of allylic oxidation sites excluding steroid dienone is 4. The minimum Gasteiger partial charge on any atom is -0.481 e. The summed E-state index contributed by atoms with van der Waals surface area (Å²) in [6, 6.07) is -0.912. The molecule has 0 saturated carbocycles. The van der Waals surface area contributed by atoms with Gasteiger partial charge in [0.15, 0.2) is 0 Å². The molecule has 0 bridgehead atoms. The second-order valence-electron chi connectivity index (χ2n) is 7.41. The third-order valence-electron chi connectivity index (χ3n) is 5.41. The number of carboxylic acids is 3. The maximum absolute atomic E-state index is 11.6. The van der Waals surface area contributed by atoms with Gasteiger partial charge in [0.05, 0.1) is 5.92 Å². The molecule has 0 saturated heterocycles. The van der Waals surface area contributed by atoms with Crippen LogP contribution in [-0.2, 0) is 14.4 Å². The molecular formula is C19H27NO6. The van der Waals surface area contributed by atoms with Crippen LogP contribution in [0.15, 0.2) is 23.3 Å². The summed E-state index contributed by atoms with van der Waals surface area (Å²) >= 11 is 0. The largest absolute Gasteiger partial charge is 0.481 e. The van der Waals surface area contributed by atoms with Crippen molar-refractivity contribution in [2.24, 2.45) is 29.4 Å². The van der Waals surface area contributed by atoms with Crippen molar-refractivity contribution in [3.63, 3.8) is 0 Å². The van der Waals surface area contributed by atoms with Crippen molar-refractivity contribution in [3.05, 3.63) is 23.3 Å². The molecule has 5 unspecified atom stereocenters. The molecule has 5 N–H and O–H groups in total. The Morgan fingerprint density at radius 1 is 0.962 bits per heavy atom. The Morgan fingerprint density at radius 3 is 2.12 bits per heavy atom. The Bertz CT molecular complexity index is 638. The summed E-state index contributed by atoms with van der Waals surface area (Å²) in [5.41, 5.74) is 7.70. The van der Waals surface area contributed by atoms with Crippen molar-refractivity contribution >= 4 is 17.9 Å². The molecule has 26 heavy (non-hydrogen) atoms. The number of hydrogen-bond donors (Lipinski definition) is 4. The van der Waals surface area contributed by atoms with Gasteiger partial charge in [0.2, 0.25) is 0 Å². The minimum absolute atomic E-state index is 0.0873. The zero-order chi connectivity index (χ0) is 19.4. The quantitative estimate of drug-likeness (QED) is 0.367. The van der Waals surface area contributed by atoms with Crippen molar-refractivity contribution in [2.45, 2.75) is 51.5 Å². The summed E-state index contributed by atoms with van der Waals surface area (Å²) in [6.07, 6.45) is 6.90. The van der Waals surface area contributed by atoms with Gasteiger partial charge in [-0.15, -0.1) is 0 Å². The van der Waals surface area contributed by atoms with Crippen LogP contribution in [0.2, 0.25) is 0 Å². The van der Waals surface area contributed by atoms with Crippen LogP contribution in [0, 0.1) is 23.7 Å². The second-order valence-corrected chi connectivity index (χ2v) is 7.41. The van der Waals surface area contributed by atoms with E-state index in [0.29, 0.717) is 38.0 Å². The Morgan fingerprint density at radius 2 is 1.54 bits per heavy atom. The topological polar surface area (TPSA) is 138 Å². The smallest absolute Gasteiger partial charge is 0.320 e. The van der Waals surface area contributed by atoms with E-state index in [9.17, 15) is 19.5 Å². The molecule has 0 aromatic heterocycles.